The van der Waals surface area contributed by atoms with Crippen molar-refractivity contribution in [1.29, 1.82) is 0 Å². The van der Waals surface area contributed by atoms with Crippen molar-refractivity contribution >= 4 is 22.8 Å². The van der Waals surface area contributed by atoms with Crippen molar-refractivity contribution in [2.45, 2.75) is 13.0 Å². The van der Waals surface area contributed by atoms with Gasteiger partial charge in [-0.2, -0.15) is 0 Å². The number of aryl methyl sites for hydroxylation is 1. The molecule has 0 spiro atoms. The van der Waals surface area contributed by atoms with Crippen LogP contribution >= 0.6 is 11.8 Å². The summed E-state index contributed by atoms with van der Waals surface area (Å²) in [6, 6.07) is -0.657. The summed E-state index contributed by atoms with van der Waals surface area (Å²) in [5.74, 6) is 0.0704. The van der Waals surface area contributed by atoms with Gasteiger partial charge in [0.15, 0.2) is 11.9 Å². The van der Waals surface area contributed by atoms with E-state index in [1.807, 2.05) is 6.92 Å². The van der Waals surface area contributed by atoms with Crippen LogP contribution < -0.4 is 0 Å². The highest BCUT2D eigenvalue weighted by Crippen LogP contribution is 2.21. The van der Waals surface area contributed by atoms with Crippen LogP contribution in [-0.2, 0) is 4.79 Å². The monoisotopic (exact) mass is 223 g/mol. The highest BCUT2D eigenvalue weighted by molar-refractivity contribution is 8.14. The molecule has 0 saturated heterocycles. The van der Waals surface area contributed by atoms with Crippen LogP contribution in [0.3, 0.4) is 0 Å². The van der Waals surface area contributed by atoms with Crippen molar-refractivity contribution in [1.82, 2.24) is 9.97 Å². The van der Waals surface area contributed by atoms with Gasteiger partial charge in [-0.25, -0.2) is 14.8 Å². The predicted octanol–water partition coefficient (Wildman–Crippen LogP) is 0.732. The Morgan fingerprint density at radius 3 is 2.73 bits per heavy atom. The van der Waals surface area contributed by atoms with Gasteiger partial charge in [0.05, 0.1) is 0 Å². The molecule has 1 aliphatic heterocycles. The van der Waals surface area contributed by atoms with Crippen molar-refractivity contribution < 1.29 is 9.90 Å². The quantitative estimate of drug-likeness (QED) is 0.800. The molecule has 15 heavy (non-hydrogen) atoms. The lowest BCUT2D eigenvalue weighted by atomic mass is 10.3. The molecule has 0 bridgehead atoms. The number of carboxylic acids is 1. The molecule has 2 heterocycles. The molecule has 78 valence electrons. The molecule has 1 aromatic heterocycles. The average Bonchev–Trinajstić information content (AvgIpc) is 2.68. The van der Waals surface area contributed by atoms with E-state index in [2.05, 4.69) is 15.0 Å². The molecule has 2 rings (SSSR count). The summed E-state index contributed by atoms with van der Waals surface area (Å²) in [5.41, 5.74) is 0.970. The first-order valence-corrected chi connectivity index (χ1v) is 5.38. The maximum atomic E-state index is 10.7. The van der Waals surface area contributed by atoms with E-state index in [0.717, 1.165) is 5.56 Å². The number of aliphatic imine (C=N–C) groups is 1. The predicted molar refractivity (Wildman–Crippen MR) is 57.2 cm³/mol. The van der Waals surface area contributed by atoms with Crippen LogP contribution in [0.25, 0.3) is 0 Å². The van der Waals surface area contributed by atoms with E-state index >= 15 is 0 Å². The Morgan fingerprint density at radius 1 is 1.53 bits per heavy atom. The number of rotatable bonds is 2. The third kappa shape index (κ3) is 2.15. The first-order valence-electron chi connectivity index (χ1n) is 4.39. The van der Waals surface area contributed by atoms with Gasteiger partial charge in [0.2, 0.25) is 0 Å². The SMILES string of the molecule is Cc1cnc(C2=NC(C(=O)O)CS2)nc1. The smallest absolute Gasteiger partial charge is 0.329 e. The Hall–Kier alpha value is -1.43. The number of aromatic nitrogens is 2. The summed E-state index contributed by atoms with van der Waals surface area (Å²) in [7, 11) is 0. The summed E-state index contributed by atoms with van der Waals surface area (Å²) in [6.45, 7) is 1.90. The Labute approximate surface area is 90.7 Å². The summed E-state index contributed by atoms with van der Waals surface area (Å²) in [6.07, 6.45) is 3.39. The largest absolute Gasteiger partial charge is 0.480 e. The van der Waals surface area contributed by atoms with Crippen molar-refractivity contribution in [2.24, 2.45) is 4.99 Å². The fraction of sp³-hybridized carbons (Fsp3) is 0.333. The lowest BCUT2D eigenvalue weighted by Crippen LogP contribution is -2.17. The molecular formula is C9H9N3O2S. The fourth-order valence-electron chi connectivity index (χ4n) is 1.13. The number of hydrogen-bond acceptors (Lipinski definition) is 5. The van der Waals surface area contributed by atoms with Gasteiger partial charge in [0.1, 0.15) is 5.04 Å². The lowest BCUT2D eigenvalue weighted by Gasteiger charge is -1.96. The number of nitrogens with zero attached hydrogens (tertiary/aromatic N) is 3. The van der Waals surface area contributed by atoms with Crippen LogP contribution in [0.2, 0.25) is 0 Å². The Morgan fingerprint density at radius 2 is 2.20 bits per heavy atom. The average molecular weight is 223 g/mol. The molecule has 1 aliphatic rings. The maximum Gasteiger partial charge on any atom is 0.329 e. The highest BCUT2D eigenvalue weighted by atomic mass is 32.2. The van der Waals surface area contributed by atoms with Gasteiger partial charge in [-0.1, -0.05) is 0 Å². The first kappa shape index (κ1) is 10.1. The Bertz CT molecular complexity index is 416. The second-order valence-electron chi connectivity index (χ2n) is 3.18. The van der Waals surface area contributed by atoms with Gasteiger partial charge < -0.3 is 5.11 Å². The van der Waals surface area contributed by atoms with E-state index in [1.54, 1.807) is 12.4 Å². The van der Waals surface area contributed by atoms with Gasteiger partial charge in [0.25, 0.3) is 0 Å². The zero-order valence-corrected chi connectivity index (χ0v) is 8.86. The minimum Gasteiger partial charge on any atom is -0.480 e. The molecule has 0 fully saturated rings. The number of carboxylic acid groups (broad SMARTS) is 1. The van der Waals surface area contributed by atoms with E-state index in [9.17, 15) is 4.79 Å². The van der Waals surface area contributed by atoms with E-state index in [0.29, 0.717) is 16.6 Å². The van der Waals surface area contributed by atoms with Gasteiger partial charge in [-0.05, 0) is 12.5 Å². The molecule has 5 nitrogen and oxygen atoms in total. The minimum atomic E-state index is -0.899. The molecule has 1 aromatic rings. The van der Waals surface area contributed by atoms with E-state index in [1.165, 1.54) is 11.8 Å². The molecule has 0 saturated carbocycles. The van der Waals surface area contributed by atoms with Crippen LogP contribution in [0.1, 0.15) is 11.4 Å². The van der Waals surface area contributed by atoms with E-state index in [4.69, 9.17) is 5.11 Å². The number of hydrogen-bond donors (Lipinski definition) is 1. The van der Waals surface area contributed by atoms with Crippen LogP contribution in [0.5, 0.6) is 0 Å². The van der Waals surface area contributed by atoms with Crippen molar-refractivity contribution in [3.63, 3.8) is 0 Å². The number of carbonyl (C=O) groups is 1. The molecule has 6 heteroatoms. The van der Waals surface area contributed by atoms with Gasteiger partial charge >= 0.3 is 5.97 Å². The van der Waals surface area contributed by atoms with Gasteiger partial charge in [-0.3, -0.25) is 4.99 Å². The summed E-state index contributed by atoms with van der Waals surface area (Å²) in [5, 5.41) is 9.37. The second-order valence-corrected chi connectivity index (χ2v) is 4.19. The maximum absolute atomic E-state index is 10.7. The van der Waals surface area contributed by atoms with Crippen molar-refractivity contribution in [3.8, 4) is 0 Å². The molecule has 1 atom stereocenters. The van der Waals surface area contributed by atoms with Crippen molar-refractivity contribution in [2.75, 3.05) is 5.75 Å². The Kier molecular flexibility index (Phi) is 2.68. The highest BCUT2D eigenvalue weighted by Gasteiger charge is 2.26. The third-order valence-electron chi connectivity index (χ3n) is 1.91. The van der Waals surface area contributed by atoms with Crippen LogP contribution in [0, 0.1) is 6.92 Å². The molecule has 0 aromatic carbocycles. The topological polar surface area (TPSA) is 75.4 Å². The molecular weight excluding hydrogens is 214 g/mol. The lowest BCUT2D eigenvalue weighted by molar-refractivity contribution is -0.137. The summed E-state index contributed by atoms with van der Waals surface area (Å²) in [4.78, 5) is 22.9. The standard InChI is InChI=1S/C9H9N3O2S/c1-5-2-10-7(11-3-5)8-12-6(4-15-8)9(13)14/h2-3,6H,4H2,1H3,(H,13,14). The zero-order chi connectivity index (χ0) is 10.8. The molecule has 1 N–H and O–H groups in total. The zero-order valence-electron chi connectivity index (χ0n) is 8.04. The van der Waals surface area contributed by atoms with E-state index < -0.39 is 12.0 Å². The summed E-state index contributed by atoms with van der Waals surface area (Å²) >= 11 is 1.38. The van der Waals surface area contributed by atoms with Gasteiger partial charge in [0, 0.05) is 18.1 Å². The van der Waals surface area contributed by atoms with Crippen molar-refractivity contribution in [3.05, 3.63) is 23.8 Å². The molecule has 0 aliphatic carbocycles. The molecule has 0 radical (unpaired) electrons. The number of thioether (sulfide) groups is 1. The van der Waals surface area contributed by atoms with Crippen LogP contribution in [0.4, 0.5) is 0 Å². The number of aliphatic carboxylic acids is 1. The first-order chi connectivity index (χ1) is 7.16. The Balaban J connectivity index is 2.22. The second kappa shape index (κ2) is 3.98. The fourth-order valence-corrected chi connectivity index (χ4v) is 2.09. The van der Waals surface area contributed by atoms with E-state index in [-0.39, 0.29) is 0 Å². The molecule has 0 amide bonds. The van der Waals surface area contributed by atoms with Gasteiger partial charge in [-0.15, -0.1) is 11.8 Å². The van der Waals surface area contributed by atoms with Crippen LogP contribution in [0.15, 0.2) is 17.4 Å². The third-order valence-corrected chi connectivity index (χ3v) is 2.95. The van der Waals surface area contributed by atoms with Crippen LogP contribution in [-0.4, -0.2) is 37.9 Å². The molecule has 1 unspecified atom stereocenters. The summed E-state index contributed by atoms with van der Waals surface area (Å²) < 4.78 is 0. The normalized spacial score (nSPS) is 20.1. The minimum absolute atomic E-state index is 0.460.